The number of carbonyl (C=O) groups excluding carboxylic acids is 1. The summed E-state index contributed by atoms with van der Waals surface area (Å²) in [4.78, 5) is 16.5. The number of rotatable bonds is 5. The first-order valence-corrected chi connectivity index (χ1v) is 11.2. The Morgan fingerprint density at radius 3 is 2.35 bits per heavy atom. The van der Waals surface area contributed by atoms with E-state index < -0.39 is 29.3 Å². The van der Waals surface area contributed by atoms with Crippen LogP contribution in [-0.4, -0.2) is 53.9 Å². The average molecular weight is 513 g/mol. The molecule has 1 aliphatic heterocycles. The summed E-state index contributed by atoms with van der Waals surface area (Å²) in [7, 11) is 1.53. The van der Waals surface area contributed by atoms with E-state index >= 15 is 0 Å². The zero-order valence-corrected chi connectivity index (χ0v) is 19.7. The second-order valence-corrected chi connectivity index (χ2v) is 8.50. The van der Waals surface area contributed by atoms with Gasteiger partial charge in [0.25, 0.3) is 0 Å². The fourth-order valence-electron chi connectivity index (χ4n) is 3.89. The molecule has 1 aromatic heterocycles. The highest BCUT2D eigenvalue weighted by Crippen LogP contribution is 2.40. The average Bonchev–Trinajstić information content (AvgIpc) is 3.16. The van der Waals surface area contributed by atoms with Gasteiger partial charge in [0, 0.05) is 43.5 Å². The van der Waals surface area contributed by atoms with Crippen molar-refractivity contribution in [3.05, 3.63) is 64.3 Å². The van der Waals surface area contributed by atoms with Crippen LogP contribution >= 0.6 is 23.2 Å². The molecular formula is C23H21Cl2F3N4O2. The number of halogens is 5. The summed E-state index contributed by atoms with van der Waals surface area (Å²) in [6.07, 6.45) is -4.76. The summed E-state index contributed by atoms with van der Waals surface area (Å²) in [5, 5.41) is 4.02. The van der Waals surface area contributed by atoms with Crippen LogP contribution < -0.4 is 9.64 Å². The molecule has 4 rings (SSSR count). The Kier molecular flexibility index (Phi) is 6.95. The molecule has 0 saturated carbocycles. The predicted molar refractivity (Wildman–Crippen MR) is 124 cm³/mol. The number of anilines is 1. The Morgan fingerprint density at radius 2 is 1.74 bits per heavy atom. The van der Waals surface area contributed by atoms with Crippen LogP contribution in [0.4, 0.5) is 18.9 Å². The number of methoxy groups -OCH3 is 1. The van der Waals surface area contributed by atoms with Gasteiger partial charge in [-0.3, -0.25) is 4.79 Å². The second-order valence-electron chi connectivity index (χ2n) is 7.72. The number of ether oxygens (including phenoxy) is 1. The first-order chi connectivity index (χ1) is 16.2. The van der Waals surface area contributed by atoms with Gasteiger partial charge in [-0.25, -0.2) is 4.68 Å². The fraction of sp³-hybridized carbons (Fsp3) is 0.304. The van der Waals surface area contributed by atoms with Crippen LogP contribution in [0.2, 0.25) is 10.0 Å². The van der Waals surface area contributed by atoms with Crippen LogP contribution in [0.1, 0.15) is 5.69 Å². The van der Waals surface area contributed by atoms with Crippen LogP contribution in [0.3, 0.4) is 0 Å². The molecule has 0 atom stereocenters. The van der Waals surface area contributed by atoms with Crippen molar-refractivity contribution in [1.82, 2.24) is 14.7 Å². The summed E-state index contributed by atoms with van der Waals surface area (Å²) in [5.74, 6) is 0.0831. The molecule has 1 aliphatic rings. The molecule has 0 spiro atoms. The number of carbonyl (C=O) groups is 1. The molecule has 11 heteroatoms. The molecule has 2 heterocycles. The van der Waals surface area contributed by atoms with Crippen molar-refractivity contribution in [3.8, 4) is 17.0 Å². The van der Waals surface area contributed by atoms with Crippen molar-refractivity contribution >= 4 is 34.8 Å². The van der Waals surface area contributed by atoms with E-state index in [1.165, 1.54) is 12.0 Å². The molecule has 0 N–H and O–H groups in total. The van der Waals surface area contributed by atoms with E-state index in [0.717, 1.165) is 5.69 Å². The van der Waals surface area contributed by atoms with Crippen LogP contribution in [0.15, 0.2) is 48.5 Å². The number of benzene rings is 2. The maximum Gasteiger partial charge on any atom is 0.434 e. The van der Waals surface area contributed by atoms with Crippen LogP contribution in [0.25, 0.3) is 11.3 Å². The molecule has 0 unspecified atom stereocenters. The largest absolute Gasteiger partial charge is 0.495 e. The molecule has 1 fully saturated rings. The molecule has 0 aliphatic carbocycles. The Morgan fingerprint density at radius 1 is 1.06 bits per heavy atom. The van der Waals surface area contributed by atoms with Crippen LogP contribution in [-0.2, 0) is 17.5 Å². The van der Waals surface area contributed by atoms with Gasteiger partial charge in [0.2, 0.25) is 5.91 Å². The first-order valence-electron chi connectivity index (χ1n) is 10.4. The van der Waals surface area contributed by atoms with Crippen molar-refractivity contribution in [2.24, 2.45) is 0 Å². The highest BCUT2D eigenvalue weighted by molar-refractivity contribution is 6.34. The minimum Gasteiger partial charge on any atom is -0.495 e. The summed E-state index contributed by atoms with van der Waals surface area (Å²) in [6.45, 7) is 1.17. The maximum atomic E-state index is 13.8. The summed E-state index contributed by atoms with van der Waals surface area (Å²) in [5.41, 5.74) is 0.187. The third-order valence-electron chi connectivity index (χ3n) is 5.63. The topological polar surface area (TPSA) is 50.6 Å². The standard InChI is InChI=1S/C23H21Cl2F3N4O2/c1-34-18-13-16(7-8-17(18)24)30-9-11-31(12-10-30)19(33)14-32-22(23(26,27)28)20(25)21(29-32)15-5-3-2-4-6-15/h2-8,13H,9-12,14H2,1H3. The van der Waals surface area contributed by atoms with E-state index in [4.69, 9.17) is 27.9 Å². The van der Waals surface area contributed by atoms with Gasteiger partial charge >= 0.3 is 6.18 Å². The van der Waals surface area contributed by atoms with Gasteiger partial charge in [-0.15, -0.1) is 0 Å². The lowest BCUT2D eigenvalue weighted by atomic mass is 10.1. The molecular weight excluding hydrogens is 492 g/mol. The fourth-order valence-corrected chi connectivity index (χ4v) is 4.44. The zero-order valence-electron chi connectivity index (χ0n) is 18.1. The summed E-state index contributed by atoms with van der Waals surface area (Å²) < 4.78 is 47.2. The minimum atomic E-state index is -4.76. The monoisotopic (exact) mass is 512 g/mol. The Labute approximate surface area is 204 Å². The molecule has 0 radical (unpaired) electrons. The second kappa shape index (κ2) is 9.76. The third kappa shape index (κ3) is 4.95. The van der Waals surface area contributed by atoms with Gasteiger partial charge in [0.05, 0.1) is 17.2 Å². The molecule has 2 aromatic carbocycles. The highest BCUT2D eigenvalue weighted by atomic mass is 35.5. The summed E-state index contributed by atoms with van der Waals surface area (Å²) >= 11 is 12.2. The van der Waals surface area contributed by atoms with E-state index in [0.29, 0.717) is 47.2 Å². The minimum absolute atomic E-state index is 0.0103. The smallest absolute Gasteiger partial charge is 0.434 e. The lowest BCUT2D eigenvalue weighted by Crippen LogP contribution is -2.49. The number of hydrogen-bond acceptors (Lipinski definition) is 4. The van der Waals surface area contributed by atoms with Crippen molar-refractivity contribution in [2.75, 3.05) is 38.2 Å². The molecule has 34 heavy (non-hydrogen) atoms. The zero-order chi connectivity index (χ0) is 24.5. The summed E-state index contributed by atoms with van der Waals surface area (Å²) in [6, 6.07) is 13.7. The Hall–Kier alpha value is -2.91. The molecule has 3 aromatic rings. The van der Waals surface area contributed by atoms with Gasteiger partial charge in [0.1, 0.15) is 18.0 Å². The number of nitrogens with zero attached hydrogens (tertiary/aromatic N) is 4. The van der Waals surface area contributed by atoms with E-state index in [2.05, 4.69) is 10.00 Å². The van der Waals surface area contributed by atoms with Gasteiger partial charge < -0.3 is 14.5 Å². The van der Waals surface area contributed by atoms with Gasteiger partial charge in [-0.1, -0.05) is 53.5 Å². The molecule has 180 valence electrons. The van der Waals surface area contributed by atoms with E-state index in [1.54, 1.807) is 36.4 Å². The van der Waals surface area contributed by atoms with Crippen molar-refractivity contribution in [3.63, 3.8) is 0 Å². The Balaban J connectivity index is 1.49. The molecule has 1 saturated heterocycles. The molecule has 0 bridgehead atoms. The lowest BCUT2D eigenvalue weighted by molar-refractivity contribution is -0.145. The highest BCUT2D eigenvalue weighted by Gasteiger charge is 2.40. The van der Waals surface area contributed by atoms with Gasteiger partial charge in [0.15, 0.2) is 5.69 Å². The third-order valence-corrected chi connectivity index (χ3v) is 6.30. The first kappa shape index (κ1) is 24.2. The number of aromatic nitrogens is 2. The van der Waals surface area contributed by atoms with Gasteiger partial charge in [-0.2, -0.15) is 18.3 Å². The molecule has 1 amide bonds. The van der Waals surface area contributed by atoms with Crippen molar-refractivity contribution < 1.29 is 22.7 Å². The number of alkyl halides is 3. The number of piperazine rings is 1. The van der Waals surface area contributed by atoms with E-state index in [-0.39, 0.29) is 5.69 Å². The van der Waals surface area contributed by atoms with Crippen molar-refractivity contribution in [1.29, 1.82) is 0 Å². The van der Waals surface area contributed by atoms with Crippen LogP contribution in [0.5, 0.6) is 5.75 Å². The van der Waals surface area contributed by atoms with Crippen molar-refractivity contribution in [2.45, 2.75) is 12.7 Å². The number of hydrogen-bond donors (Lipinski definition) is 0. The Bertz CT molecular complexity index is 1180. The van der Waals surface area contributed by atoms with Crippen LogP contribution in [0, 0.1) is 0 Å². The predicted octanol–water partition coefficient (Wildman–Crippen LogP) is 5.23. The lowest BCUT2D eigenvalue weighted by Gasteiger charge is -2.36. The molecule has 6 nitrogen and oxygen atoms in total. The van der Waals surface area contributed by atoms with E-state index in [9.17, 15) is 18.0 Å². The SMILES string of the molecule is COc1cc(N2CCN(C(=O)Cn3nc(-c4ccccc4)c(Cl)c3C(F)(F)F)CC2)ccc1Cl. The maximum absolute atomic E-state index is 13.8. The normalized spacial score (nSPS) is 14.4. The number of amides is 1. The van der Waals surface area contributed by atoms with Gasteiger partial charge in [-0.05, 0) is 12.1 Å². The quantitative estimate of drug-likeness (QED) is 0.469. The van der Waals surface area contributed by atoms with E-state index in [1.807, 2.05) is 12.1 Å².